The van der Waals surface area contributed by atoms with Crippen LogP contribution in [0.25, 0.3) is 0 Å². The van der Waals surface area contributed by atoms with Gasteiger partial charge >= 0.3 is 0 Å². The lowest BCUT2D eigenvalue weighted by atomic mass is 9.62. The van der Waals surface area contributed by atoms with Crippen LogP contribution in [0.15, 0.2) is 12.2 Å². The minimum Gasteiger partial charge on any atom is -0.414 e. The molecule has 2 unspecified atom stereocenters. The van der Waals surface area contributed by atoms with Gasteiger partial charge in [-0.05, 0) is 74.6 Å². The van der Waals surface area contributed by atoms with Crippen molar-refractivity contribution in [2.75, 3.05) is 0 Å². The maximum absolute atomic E-state index is 10.6. The van der Waals surface area contributed by atoms with Crippen LogP contribution in [-0.4, -0.2) is 20.7 Å². The smallest absolute Gasteiger partial charge is 0.184 e. The fraction of sp³-hybridized carbons (Fsp3) is 0.833. The Hall–Kier alpha value is -0.413. The number of aldehydes is 1. The molecule has 0 aromatic carbocycles. The van der Waals surface area contributed by atoms with Gasteiger partial charge in [0.2, 0.25) is 0 Å². The highest BCUT2D eigenvalue weighted by Gasteiger charge is 2.52. The predicted molar refractivity (Wildman–Crippen MR) is 90.8 cm³/mol. The van der Waals surface area contributed by atoms with Crippen molar-refractivity contribution in [1.82, 2.24) is 0 Å². The van der Waals surface area contributed by atoms with Gasteiger partial charge in [0.05, 0.1) is 0 Å². The van der Waals surface area contributed by atoms with Crippen molar-refractivity contribution in [2.45, 2.75) is 71.7 Å². The summed E-state index contributed by atoms with van der Waals surface area (Å²) in [6, 6.07) is 0. The van der Waals surface area contributed by atoms with Crippen LogP contribution in [0.2, 0.25) is 19.6 Å². The molecular weight excluding hydrogens is 276 g/mol. The molecule has 0 aromatic rings. The van der Waals surface area contributed by atoms with E-state index in [0.717, 1.165) is 12.2 Å². The van der Waals surface area contributed by atoms with Gasteiger partial charge in [-0.1, -0.05) is 26.3 Å². The van der Waals surface area contributed by atoms with Crippen molar-refractivity contribution in [2.24, 2.45) is 23.2 Å². The zero-order valence-electron chi connectivity index (χ0n) is 14.4. The summed E-state index contributed by atoms with van der Waals surface area (Å²) in [5.74, 6) is 1.91. The highest BCUT2D eigenvalue weighted by molar-refractivity contribution is 6.69. The Morgan fingerprint density at radius 3 is 2.57 bits per heavy atom. The van der Waals surface area contributed by atoms with E-state index in [9.17, 15) is 4.79 Å². The number of allylic oxidation sites excluding steroid dienone is 2. The van der Waals surface area contributed by atoms with Crippen molar-refractivity contribution < 1.29 is 9.22 Å². The zero-order valence-corrected chi connectivity index (χ0v) is 15.4. The Bertz CT molecular complexity index is 399. The van der Waals surface area contributed by atoms with Crippen LogP contribution < -0.4 is 0 Å². The van der Waals surface area contributed by atoms with Crippen molar-refractivity contribution in [3.8, 4) is 0 Å². The first-order chi connectivity index (χ1) is 9.78. The Morgan fingerprint density at radius 1 is 1.24 bits per heavy atom. The van der Waals surface area contributed by atoms with E-state index in [4.69, 9.17) is 4.43 Å². The molecule has 120 valence electrons. The van der Waals surface area contributed by atoms with Crippen LogP contribution in [0.1, 0.15) is 46.0 Å². The molecular formula is C18H32O2Si. The van der Waals surface area contributed by atoms with Gasteiger partial charge in [0, 0.05) is 6.10 Å². The van der Waals surface area contributed by atoms with E-state index < -0.39 is 8.32 Å². The zero-order chi connectivity index (χ0) is 15.7. The minimum absolute atomic E-state index is 0.398. The van der Waals surface area contributed by atoms with Gasteiger partial charge in [-0.3, -0.25) is 4.79 Å². The van der Waals surface area contributed by atoms with Crippen LogP contribution in [0.3, 0.4) is 0 Å². The van der Waals surface area contributed by atoms with Gasteiger partial charge in [0.1, 0.15) is 6.29 Å². The highest BCUT2D eigenvalue weighted by atomic mass is 28.4. The quantitative estimate of drug-likeness (QED) is 0.414. The van der Waals surface area contributed by atoms with E-state index in [1.165, 1.54) is 32.1 Å². The number of fused-ring (bicyclic) bond motifs is 1. The van der Waals surface area contributed by atoms with E-state index >= 15 is 0 Å². The molecule has 2 aliphatic rings. The summed E-state index contributed by atoms with van der Waals surface area (Å²) in [6.07, 6.45) is 11.6. The Kier molecular flexibility index (Phi) is 5.14. The standard InChI is InChI=1S/C18H32O2Si/c1-14(8-7-13-19)15-10-11-16-17(20-21(3,4)5)9-6-12-18(15,16)2/h7-8,13-17H,6,9-12H2,1-5H3/b8-7+/t14-,15-,16?,17?,18-/m1/s1. The van der Waals surface area contributed by atoms with Gasteiger partial charge < -0.3 is 4.43 Å². The lowest BCUT2D eigenvalue weighted by Gasteiger charge is -2.47. The molecule has 0 heterocycles. The van der Waals surface area contributed by atoms with E-state index in [-0.39, 0.29) is 0 Å². The molecule has 0 amide bonds. The van der Waals surface area contributed by atoms with Gasteiger partial charge in [0.15, 0.2) is 8.32 Å². The lowest BCUT2D eigenvalue weighted by molar-refractivity contribution is -0.104. The molecule has 2 rings (SSSR count). The third-order valence-corrected chi connectivity index (χ3v) is 6.78. The van der Waals surface area contributed by atoms with E-state index in [1.807, 2.05) is 0 Å². The molecule has 0 radical (unpaired) electrons. The summed E-state index contributed by atoms with van der Waals surface area (Å²) in [5, 5.41) is 0. The summed E-state index contributed by atoms with van der Waals surface area (Å²) in [4.78, 5) is 10.6. The summed E-state index contributed by atoms with van der Waals surface area (Å²) in [5.41, 5.74) is 0.398. The Morgan fingerprint density at radius 2 is 1.95 bits per heavy atom. The molecule has 2 aliphatic carbocycles. The topological polar surface area (TPSA) is 26.3 Å². The first-order valence-electron chi connectivity index (χ1n) is 8.58. The van der Waals surface area contributed by atoms with Gasteiger partial charge in [-0.2, -0.15) is 0 Å². The molecule has 0 spiro atoms. The van der Waals surface area contributed by atoms with Crippen molar-refractivity contribution >= 4 is 14.6 Å². The Labute approximate surface area is 131 Å². The fourth-order valence-electron chi connectivity index (χ4n) is 4.97. The Balaban J connectivity index is 2.14. The van der Waals surface area contributed by atoms with Crippen molar-refractivity contribution in [3.05, 3.63) is 12.2 Å². The molecule has 2 fully saturated rings. The van der Waals surface area contributed by atoms with Crippen LogP contribution in [-0.2, 0) is 9.22 Å². The van der Waals surface area contributed by atoms with Crippen LogP contribution in [0.4, 0.5) is 0 Å². The van der Waals surface area contributed by atoms with Gasteiger partial charge in [0.25, 0.3) is 0 Å². The second kappa shape index (κ2) is 6.37. The second-order valence-corrected chi connectivity index (χ2v) is 12.8. The monoisotopic (exact) mass is 308 g/mol. The van der Waals surface area contributed by atoms with Gasteiger partial charge in [-0.15, -0.1) is 0 Å². The molecule has 0 bridgehead atoms. The van der Waals surface area contributed by atoms with E-state index in [1.54, 1.807) is 6.08 Å². The number of carbonyl (C=O) groups is 1. The number of carbonyl (C=O) groups excluding carboxylic acids is 1. The number of hydrogen-bond acceptors (Lipinski definition) is 2. The predicted octanol–water partition coefficient (Wildman–Crippen LogP) is 4.81. The maximum atomic E-state index is 10.6. The van der Waals surface area contributed by atoms with Crippen molar-refractivity contribution in [3.63, 3.8) is 0 Å². The molecule has 3 heteroatoms. The lowest BCUT2D eigenvalue weighted by Crippen LogP contribution is -2.46. The average molecular weight is 309 g/mol. The summed E-state index contributed by atoms with van der Waals surface area (Å²) >= 11 is 0. The molecule has 21 heavy (non-hydrogen) atoms. The van der Waals surface area contributed by atoms with Crippen LogP contribution in [0, 0.1) is 23.2 Å². The molecule has 5 atom stereocenters. The van der Waals surface area contributed by atoms with Crippen molar-refractivity contribution in [1.29, 1.82) is 0 Å². The number of rotatable bonds is 5. The summed E-state index contributed by atoms with van der Waals surface area (Å²) in [6.45, 7) is 11.7. The minimum atomic E-state index is -1.47. The first kappa shape index (κ1) is 16.9. The van der Waals surface area contributed by atoms with Crippen LogP contribution >= 0.6 is 0 Å². The maximum Gasteiger partial charge on any atom is 0.184 e. The third-order valence-electron chi connectivity index (χ3n) is 5.77. The summed E-state index contributed by atoms with van der Waals surface area (Å²) in [7, 11) is -1.47. The molecule has 0 aliphatic heterocycles. The molecule has 0 aromatic heterocycles. The molecule has 0 N–H and O–H groups in total. The SMILES string of the molecule is C[C@H](/C=C/C=O)[C@H]1CCC2C(O[Si](C)(C)C)CCC[C@@]21C. The normalized spacial score (nSPS) is 38.4. The highest BCUT2D eigenvalue weighted by Crippen LogP contribution is 2.58. The van der Waals surface area contributed by atoms with Crippen LogP contribution in [0.5, 0.6) is 0 Å². The summed E-state index contributed by atoms with van der Waals surface area (Å²) < 4.78 is 6.53. The van der Waals surface area contributed by atoms with E-state index in [2.05, 4.69) is 39.6 Å². The molecule has 2 nitrogen and oxygen atoms in total. The second-order valence-electron chi connectivity index (χ2n) is 8.34. The largest absolute Gasteiger partial charge is 0.414 e. The average Bonchev–Trinajstić information content (AvgIpc) is 2.72. The third kappa shape index (κ3) is 3.68. The first-order valence-corrected chi connectivity index (χ1v) is 12.0. The molecule has 2 saturated carbocycles. The molecule has 0 saturated heterocycles. The fourth-order valence-corrected chi connectivity index (χ4v) is 6.16. The number of hydrogen-bond donors (Lipinski definition) is 0. The van der Waals surface area contributed by atoms with Gasteiger partial charge in [-0.25, -0.2) is 0 Å². The van der Waals surface area contributed by atoms with E-state index in [0.29, 0.717) is 23.4 Å².